The van der Waals surface area contributed by atoms with Crippen LogP contribution < -0.4 is 5.73 Å². The Bertz CT molecular complexity index is 66.2. The van der Waals surface area contributed by atoms with Gasteiger partial charge in [0.05, 0.1) is 6.42 Å². The lowest BCUT2D eigenvalue weighted by Crippen LogP contribution is -2.23. The fourth-order valence-corrected chi connectivity index (χ4v) is 0.365. The standard InChI is InChI=1S/C4H8F3N/c1-3(8)2-4(5,6)7/h3H,2,8H2,1H3/t3-/m1/s1. The number of alkyl halides is 3. The molecule has 0 saturated heterocycles. The Morgan fingerprint density at radius 3 is 1.88 bits per heavy atom. The predicted molar refractivity (Wildman–Crippen MR) is 24.3 cm³/mol. The van der Waals surface area contributed by atoms with E-state index in [0.29, 0.717) is 0 Å². The van der Waals surface area contributed by atoms with Gasteiger partial charge in [-0.1, -0.05) is 0 Å². The first-order chi connectivity index (χ1) is 3.42. The van der Waals surface area contributed by atoms with Crippen LogP contribution in [-0.4, -0.2) is 12.2 Å². The third kappa shape index (κ3) is 5.75. The van der Waals surface area contributed by atoms with E-state index in [4.69, 9.17) is 5.73 Å². The van der Waals surface area contributed by atoms with E-state index in [2.05, 4.69) is 0 Å². The van der Waals surface area contributed by atoms with Crippen LogP contribution in [0.2, 0.25) is 0 Å². The Hall–Kier alpha value is -0.250. The molecule has 0 heterocycles. The number of rotatable bonds is 1. The van der Waals surface area contributed by atoms with Crippen LogP contribution >= 0.6 is 0 Å². The van der Waals surface area contributed by atoms with Crippen molar-refractivity contribution in [3.8, 4) is 0 Å². The summed E-state index contributed by atoms with van der Waals surface area (Å²) >= 11 is 0. The van der Waals surface area contributed by atoms with Crippen LogP contribution in [0.1, 0.15) is 13.3 Å². The molecular weight excluding hydrogens is 119 g/mol. The molecule has 0 aromatic carbocycles. The minimum Gasteiger partial charge on any atom is -0.328 e. The van der Waals surface area contributed by atoms with E-state index in [1.54, 1.807) is 0 Å². The van der Waals surface area contributed by atoms with Gasteiger partial charge in [-0.25, -0.2) is 0 Å². The van der Waals surface area contributed by atoms with E-state index in [1.807, 2.05) is 0 Å². The van der Waals surface area contributed by atoms with Crippen LogP contribution in [0.5, 0.6) is 0 Å². The highest BCUT2D eigenvalue weighted by atomic mass is 19.4. The fraction of sp³-hybridized carbons (Fsp3) is 1.00. The lowest BCUT2D eigenvalue weighted by atomic mass is 10.2. The summed E-state index contributed by atoms with van der Waals surface area (Å²) in [5.74, 6) is 0. The monoisotopic (exact) mass is 127 g/mol. The molecule has 1 atom stereocenters. The third-order valence-corrected chi connectivity index (χ3v) is 0.553. The molecule has 8 heavy (non-hydrogen) atoms. The maximum absolute atomic E-state index is 11.2. The van der Waals surface area contributed by atoms with Crippen molar-refractivity contribution >= 4 is 0 Å². The van der Waals surface area contributed by atoms with Crippen molar-refractivity contribution in [2.45, 2.75) is 25.6 Å². The van der Waals surface area contributed by atoms with Gasteiger partial charge in [-0.05, 0) is 6.92 Å². The molecule has 0 radical (unpaired) electrons. The molecule has 0 bridgehead atoms. The average molecular weight is 127 g/mol. The number of halogens is 3. The third-order valence-electron chi connectivity index (χ3n) is 0.553. The SMILES string of the molecule is C[C@@H](N)CC(F)(F)F. The smallest absolute Gasteiger partial charge is 0.328 e. The van der Waals surface area contributed by atoms with Crippen molar-refractivity contribution in [3.05, 3.63) is 0 Å². The first-order valence-electron chi connectivity index (χ1n) is 2.24. The Balaban J connectivity index is 3.39. The molecule has 0 aliphatic rings. The maximum Gasteiger partial charge on any atom is 0.390 e. The van der Waals surface area contributed by atoms with Crippen LogP contribution in [0.4, 0.5) is 13.2 Å². The first-order valence-corrected chi connectivity index (χ1v) is 2.24. The minimum absolute atomic E-state index is 0.782. The van der Waals surface area contributed by atoms with Gasteiger partial charge in [0, 0.05) is 6.04 Å². The van der Waals surface area contributed by atoms with Gasteiger partial charge in [-0.3, -0.25) is 0 Å². The zero-order valence-electron chi connectivity index (χ0n) is 4.50. The van der Waals surface area contributed by atoms with E-state index in [-0.39, 0.29) is 0 Å². The highest BCUT2D eigenvalue weighted by Gasteiger charge is 2.28. The topological polar surface area (TPSA) is 26.0 Å². The molecule has 0 rings (SSSR count). The average Bonchev–Trinajstić information content (AvgIpc) is 1.21. The molecule has 50 valence electrons. The quantitative estimate of drug-likeness (QED) is 0.564. The summed E-state index contributed by atoms with van der Waals surface area (Å²) < 4.78 is 33.7. The van der Waals surface area contributed by atoms with Gasteiger partial charge >= 0.3 is 6.18 Å². The van der Waals surface area contributed by atoms with Gasteiger partial charge in [0.15, 0.2) is 0 Å². The van der Waals surface area contributed by atoms with Crippen molar-refractivity contribution in [2.75, 3.05) is 0 Å². The molecule has 0 saturated carbocycles. The molecule has 2 N–H and O–H groups in total. The zero-order valence-corrected chi connectivity index (χ0v) is 4.50. The van der Waals surface area contributed by atoms with Gasteiger partial charge < -0.3 is 5.73 Å². The van der Waals surface area contributed by atoms with Crippen LogP contribution in [0.25, 0.3) is 0 Å². The number of hydrogen-bond donors (Lipinski definition) is 1. The summed E-state index contributed by atoms with van der Waals surface area (Å²) in [7, 11) is 0. The van der Waals surface area contributed by atoms with E-state index in [1.165, 1.54) is 6.92 Å². The zero-order chi connectivity index (χ0) is 6.78. The molecule has 1 nitrogen and oxygen atoms in total. The van der Waals surface area contributed by atoms with Crippen LogP contribution in [0.15, 0.2) is 0 Å². The van der Waals surface area contributed by atoms with Crippen LogP contribution in [0.3, 0.4) is 0 Å². The minimum atomic E-state index is -4.10. The number of hydrogen-bond acceptors (Lipinski definition) is 1. The molecule has 0 amide bonds. The molecule has 0 aliphatic carbocycles. The van der Waals surface area contributed by atoms with Gasteiger partial charge in [-0.2, -0.15) is 13.2 Å². The van der Waals surface area contributed by atoms with Crippen molar-refractivity contribution < 1.29 is 13.2 Å². The lowest BCUT2D eigenvalue weighted by Gasteiger charge is -2.07. The van der Waals surface area contributed by atoms with Crippen molar-refractivity contribution in [3.63, 3.8) is 0 Å². The van der Waals surface area contributed by atoms with Gasteiger partial charge in [0.1, 0.15) is 0 Å². The highest BCUT2D eigenvalue weighted by Crippen LogP contribution is 2.20. The Morgan fingerprint density at radius 2 is 1.88 bits per heavy atom. The second kappa shape index (κ2) is 2.35. The highest BCUT2D eigenvalue weighted by molar-refractivity contribution is 4.58. The summed E-state index contributed by atoms with van der Waals surface area (Å²) in [5.41, 5.74) is 4.86. The predicted octanol–water partition coefficient (Wildman–Crippen LogP) is 1.29. The lowest BCUT2D eigenvalue weighted by molar-refractivity contribution is -0.137. The van der Waals surface area contributed by atoms with E-state index < -0.39 is 18.6 Å². The molecule has 0 aliphatic heterocycles. The van der Waals surface area contributed by atoms with Gasteiger partial charge in [0.2, 0.25) is 0 Å². The van der Waals surface area contributed by atoms with Crippen molar-refractivity contribution in [1.82, 2.24) is 0 Å². The number of nitrogens with two attached hydrogens (primary N) is 1. The van der Waals surface area contributed by atoms with Gasteiger partial charge in [0.25, 0.3) is 0 Å². The van der Waals surface area contributed by atoms with Crippen molar-refractivity contribution in [2.24, 2.45) is 5.73 Å². The van der Waals surface area contributed by atoms with E-state index in [9.17, 15) is 13.2 Å². The molecular formula is C4H8F3N. The Labute approximate surface area is 45.7 Å². The molecule has 4 heteroatoms. The summed E-state index contributed by atoms with van der Waals surface area (Å²) in [6, 6.07) is -0.782. The summed E-state index contributed by atoms with van der Waals surface area (Å²) in [6.07, 6.45) is -5.00. The van der Waals surface area contributed by atoms with Crippen LogP contribution in [-0.2, 0) is 0 Å². The normalized spacial score (nSPS) is 16.1. The van der Waals surface area contributed by atoms with E-state index in [0.717, 1.165) is 0 Å². The van der Waals surface area contributed by atoms with Crippen LogP contribution in [0, 0.1) is 0 Å². The molecule has 0 aromatic rings. The van der Waals surface area contributed by atoms with Crippen molar-refractivity contribution in [1.29, 1.82) is 0 Å². The Kier molecular flexibility index (Phi) is 2.27. The summed E-state index contributed by atoms with van der Waals surface area (Å²) in [6.45, 7) is 1.33. The summed E-state index contributed by atoms with van der Waals surface area (Å²) in [4.78, 5) is 0. The maximum atomic E-state index is 11.2. The second-order valence-corrected chi connectivity index (χ2v) is 1.80. The Morgan fingerprint density at radius 1 is 1.50 bits per heavy atom. The summed E-state index contributed by atoms with van der Waals surface area (Å²) in [5, 5.41) is 0. The van der Waals surface area contributed by atoms with E-state index >= 15 is 0 Å². The molecule has 0 aromatic heterocycles. The molecule has 0 unspecified atom stereocenters. The second-order valence-electron chi connectivity index (χ2n) is 1.80. The largest absolute Gasteiger partial charge is 0.390 e. The van der Waals surface area contributed by atoms with Gasteiger partial charge in [-0.15, -0.1) is 0 Å². The fourth-order valence-electron chi connectivity index (χ4n) is 0.365. The molecule has 0 fully saturated rings. The first kappa shape index (κ1) is 7.75. The molecule has 0 spiro atoms.